The highest BCUT2D eigenvalue weighted by Gasteiger charge is 2.22. The lowest BCUT2D eigenvalue weighted by molar-refractivity contribution is 0.142. The van der Waals surface area contributed by atoms with Gasteiger partial charge < -0.3 is 14.9 Å². The Kier molecular flexibility index (Phi) is 4.34. The first kappa shape index (κ1) is 14.8. The smallest absolute Gasteiger partial charge is 0.407 e. The van der Waals surface area contributed by atoms with E-state index in [9.17, 15) is 4.79 Å². The van der Waals surface area contributed by atoms with Gasteiger partial charge in [0.1, 0.15) is 0 Å². The summed E-state index contributed by atoms with van der Waals surface area (Å²) in [7, 11) is 0. The van der Waals surface area contributed by atoms with Crippen molar-refractivity contribution in [2.75, 3.05) is 31.1 Å². The van der Waals surface area contributed by atoms with Crippen molar-refractivity contribution < 1.29 is 9.90 Å². The third-order valence-electron chi connectivity index (χ3n) is 3.53. The maximum Gasteiger partial charge on any atom is 0.407 e. The number of nitrogens with zero attached hydrogens (tertiary/aromatic N) is 5. The Labute approximate surface area is 133 Å². The summed E-state index contributed by atoms with van der Waals surface area (Å²) in [5.41, 5.74) is 1.44. The van der Waals surface area contributed by atoms with Gasteiger partial charge in [-0.25, -0.2) is 14.8 Å². The molecule has 1 N–H and O–H groups in total. The quantitative estimate of drug-likeness (QED) is 0.794. The van der Waals surface area contributed by atoms with Crippen LogP contribution in [0.4, 0.5) is 10.6 Å². The Morgan fingerprint density at radius 2 is 1.70 bits per heavy atom. The average Bonchev–Trinajstić information content (AvgIpc) is 2.61. The van der Waals surface area contributed by atoms with E-state index in [4.69, 9.17) is 5.11 Å². The molecule has 0 radical (unpaired) electrons. The van der Waals surface area contributed by atoms with Gasteiger partial charge in [-0.2, -0.15) is 0 Å². The Hall–Kier alpha value is -3.14. The number of carbonyl (C=O) groups is 1. The Balaban J connectivity index is 1.80. The van der Waals surface area contributed by atoms with Gasteiger partial charge in [0.05, 0.1) is 0 Å². The zero-order valence-corrected chi connectivity index (χ0v) is 12.4. The third-order valence-corrected chi connectivity index (χ3v) is 3.53. The molecule has 1 aliphatic rings. The van der Waals surface area contributed by atoms with Crippen LogP contribution in [0.1, 0.15) is 11.3 Å². The van der Waals surface area contributed by atoms with Crippen molar-refractivity contribution in [3.63, 3.8) is 0 Å². The zero-order chi connectivity index (χ0) is 16.1. The van der Waals surface area contributed by atoms with E-state index >= 15 is 0 Å². The molecule has 3 rings (SSSR count). The molecule has 1 aliphatic heterocycles. The van der Waals surface area contributed by atoms with Crippen LogP contribution in [0.5, 0.6) is 0 Å². The van der Waals surface area contributed by atoms with E-state index in [1.54, 1.807) is 24.8 Å². The molecule has 0 unspecified atom stereocenters. The fourth-order valence-electron chi connectivity index (χ4n) is 2.33. The summed E-state index contributed by atoms with van der Waals surface area (Å²) in [6.45, 7) is 2.05. The predicted molar refractivity (Wildman–Crippen MR) is 84.1 cm³/mol. The molecular formula is C16H15N5O2. The summed E-state index contributed by atoms with van der Waals surface area (Å²) in [6.07, 6.45) is 5.71. The number of anilines is 1. The minimum atomic E-state index is -0.888. The van der Waals surface area contributed by atoms with Crippen LogP contribution >= 0.6 is 0 Å². The van der Waals surface area contributed by atoms with Crippen molar-refractivity contribution in [2.24, 2.45) is 0 Å². The first-order chi connectivity index (χ1) is 11.2. The molecule has 0 atom stereocenters. The molecule has 2 aromatic heterocycles. The van der Waals surface area contributed by atoms with Crippen LogP contribution in [0.3, 0.4) is 0 Å². The van der Waals surface area contributed by atoms with Crippen molar-refractivity contribution >= 4 is 11.9 Å². The van der Waals surface area contributed by atoms with Crippen molar-refractivity contribution in [3.8, 4) is 11.8 Å². The second-order valence-electron chi connectivity index (χ2n) is 4.97. The summed E-state index contributed by atoms with van der Waals surface area (Å²) < 4.78 is 0. The van der Waals surface area contributed by atoms with Crippen LogP contribution in [0.15, 0.2) is 36.9 Å². The zero-order valence-electron chi connectivity index (χ0n) is 12.4. The lowest BCUT2D eigenvalue weighted by Gasteiger charge is -2.33. The number of rotatable bonds is 1. The highest BCUT2D eigenvalue weighted by atomic mass is 16.4. The van der Waals surface area contributed by atoms with Gasteiger partial charge in [0, 0.05) is 56.5 Å². The molecule has 2 aromatic rings. The predicted octanol–water partition coefficient (Wildman–Crippen LogP) is 1.07. The average molecular weight is 309 g/mol. The molecule has 116 valence electrons. The van der Waals surface area contributed by atoms with Crippen LogP contribution in [0.2, 0.25) is 0 Å². The number of piperazine rings is 1. The van der Waals surface area contributed by atoms with Gasteiger partial charge in [-0.3, -0.25) is 4.98 Å². The van der Waals surface area contributed by atoms with E-state index in [0.29, 0.717) is 37.7 Å². The first-order valence-corrected chi connectivity index (χ1v) is 7.20. The minimum Gasteiger partial charge on any atom is -0.465 e. The molecule has 1 saturated heterocycles. The fourth-order valence-corrected chi connectivity index (χ4v) is 2.33. The summed E-state index contributed by atoms with van der Waals surface area (Å²) in [5.74, 6) is 6.78. The Morgan fingerprint density at radius 1 is 1.00 bits per heavy atom. The van der Waals surface area contributed by atoms with E-state index in [1.807, 2.05) is 17.0 Å². The molecule has 3 heterocycles. The van der Waals surface area contributed by atoms with Crippen LogP contribution in [0, 0.1) is 11.8 Å². The summed E-state index contributed by atoms with van der Waals surface area (Å²) in [5, 5.41) is 9.01. The van der Waals surface area contributed by atoms with Crippen LogP contribution in [-0.4, -0.2) is 57.2 Å². The van der Waals surface area contributed by atoms with Gasteiger partial charge in [0.2, 0.25) is 0 Å². The van der Waals surface area contributed by atoms with Crippen molar-refractivity contribution in [1.82, 2.24) is 19.9 Å². The number of hydrogen-bond donors (Lipinski definition) is 1. The molecule has 7 nitrogen and oxygen atoms in total. The number of amides is 1. The SMILES string of the molecule is O=C(O)N1CCN(c2nccnc2C#Cc2ccncc2)CC1. The standard InChI is InChI=1S/C16H15N5O2/c22-16(23)21-11-9-20(10-12-21)15-14(18-7-8-19-15)2-1-13-3-5-17-6-4-13/h3-8H,9-12H2,(H,22,23). The Bertz CT molecular complexity index is 746. The van der Waals surface area contributed by atoms with Gasteiger partial charge in [-0.1, -0.05) is 5.92 Å². The third kappa shape index (κ3) is 3.55. The summed E-state index contributed by atoms with van der Waals surface area (Å²) in [4.78, 5) is 27.0. The maximum absolute atomic E-state index is 11.0. The summed E-state index contributed by atoms with van der Waals surface area (Å²) in [6, 6.07) is 3.66. The summed E-state index contributed by atoms with van der Waals surface area (Å²) >= 11 is 0. The lowest BCUT2D eigenvalue weighted by Crippen LogP contribution is -2.48. The first-order valence-electron chi connectivity index (χ1n) is 7.20. The number of hydrogen-bond acceptors (Lipinski definition) is 5. The fraction of sp³-hybridized carbons (Fsp3) is 0.250. The number of aromatic nitrogens is 3. The highest BCUT2D eigenvalue weighted by Crippen LogP contribution is 2.16. The molecule has 0 bridgehead atoms. The molecule has 0 aliphatic carbocycles. The monoisotopic (exact) mass is 309 g/mol. The Morgan fingerprint density at radius 3 is 2.39 bits per heavy atom. The molecule has 7 heteroatoms. The van der Waals surface area contributed by atoms with E-state index in [-0.39, 0.29) is 0 Å². The number of carboxylic acid groups (broad SMARTS) is 1. The normalized spacial score (nSPS) is 14.1. The van der Waals surface area contributed by atoms with E-state index in [0.717, 1.165) is 5.56 Å². The van der Waals surface area contributed by atoms with E-state index < -0.39 is 6.09 Å². The molecule has 0 spiro atoms. The number of pyridine rings is 1. The van der Waals surface area contributed by atoms with E-state index in [1.165, 1.54) is 4.90 Å². The van der Waals surface area contributed by atoms with Crippen LogP contribution in [0.25, 0.3) is 0 Å². The van der Waals surface area contributed by atoms with Gasteiger partial charge in [0.15, 0.2) is 11.5 Å². The van der Waals surface area contributed by atoms with Crippen molar-refractivity contribution in [2.45, 2.75) is 0 Å². The molecule has 0 aromatic carbocycles. The van der Waals surface area contributed by atoms with Gasteiger partial charge in [0.25, 0.3) is 0 Å². The molecule has 1 amide bonds. The highest BCUT2D eigenvalue weighted by molar-refractivity contribution is 5.65. The van der Waals surface area contributed by atoms with E-state index in [2.05, 4.69) is 26.8 Å². The largest absolute Gasteiger partial charge is 0.465 e. The van der Waals surface area contributed by atoms with Crippen LogP contribution < -0.4 is 4.90 Å². The van der Waals surface area contributed by atoms with Gasteiger partial charge in [-0.15, -0.1) is 0 Å². The maximum atomic E-state index is 11.0. The van der Waals surface area contributed by atoms with Crippen molar-refractivity contribution in [3.05, 3.63) is 48.2 Å². The molecular weight excluding hydrogens is 294 g/mol. The second kappa shape index (κ2) is 6.75. The molecule has 23 heavy (non-hydrogen) atoms. The molecule has 0 saturated carbocycles. The second-order valence-corrected chi connectivity index (χ2v) is 4.97. The van der Waals surface area contributed by atoms with Gasteiger partial charge in [-0.05, 0) is 18.1 Å². The topological polar surface area (TPSA) is 82.5 Å². The lowest BCUT2D eigenvalue weighted by atomic mass is 10.2. The van der Waals surface area contributed by atoms with Gasteiger partial charge >= 0.3 is 6.09 Å². The molecule has 1 fully saturated rings. The van der Waals surface area contributed by atoms with Crippen LogP contribution in [-0.2, 0) is 0 Å². The minimum absolute atomic E-state index is 0.448. The van der Waals surface area contributed by atoms with Crippen molar-refractivity contribution in [1.29, 1.82) is 0 Å².